The highest BCUT2D eigenvalue weighted by molar-refractivity contribution is 6.01. The average Bonchev–Trinajstić information content (AvgIpc) is 3.13. The van der Waals surface area contributed by atoms with Gasteiger partial charge in [0.05, 0.1) is 18.4 Å². The van der Waals surface area contributed by atoms with E-state index in [2.05, 4.69) is 41.9 Å². The monoisotopic (exact) mass is 393 g/mol. The summed E-state index contributed by atoms with van der Waals surface area (Å²) in [7, 11) is 1.71. The van der Waals surface area contributed by atoms with Crippen molar-refractivity contribution < 1.29 is 9.53 Å². The number of carbonyl (C=O) groups is 1. The maximum Gasteiger partial charge on any atom is 0.270 e. The highest BCUT2D eigenvalue weighted by Crippen LogP contribution is 2.31. The van der Waals surface area contributed by atoms with Crippen LogP contribution in [0.2, 0.25) is 0 Å². The molecule has 1 amide bonds. The third kappa shape index (κ3) is 4.10. The van der Waals surface area contributed by atoms with Crippen LogP contribution in [-0.4, -0.2) is 47.7 Å². The van der Waals surface area contributed by atoms with Crippen molar-refractivity contribution >= 4 is 22.5 Å². The van der Waals surface area contributed by atoms with Crippen LogP contribution in [0.25, 0.3) is 16.6 Å². The number of rotatable bonds is 5. The molecule has 1 fully saturated rings. The number of hydrogen-bond donors (Lipinski definition) is 1. The summed E-state index contributed by atoms with van der Waals surface area (Å²) < 4.78 is 7.53. The molecule has 2 aromatic rings. The highest BCUT2D eigenvalue weighted by Gasteiger charge is 2.27. The lowest BCUT2D eigenvalue weighted by Crippen LogP contribution is -2.46. The van der Waals surface area contributed by atoms with Crippen molar-refractivity contribution in [2.75, 3.05) is 20.2 Å². The van der Waals surface area contributed by atoms with Crippen molar-refractivity contribution in [2.24, 2.45) is 0 Å². The van der Waals surface area contributed by atoms with Crippen LogP contribution in [0.1, 0.15) is 50.0 Å². The number of ether oxygens (including phenoxy) is 1. The van der Waals surface area contributed by atoms with Gasteiger partial charge in [0.15, 0.2) is 0 Å². The van der Waals surface area contributed by atoms with Gasteiger partial charge in [-0.1, -0.05) is 32.0 Å². The van der Waals surface area contributed by atoms with Gasteiger partial charge >= 0.3 is 0 Å². The second-order valence-corrected chi connectivity index (χ2v) is 8.31. The smallest absolute Gasteiger partial charge is 0.270 e. The second kappa shape index (κ2) is 8.46. The quantitative estimate of drug-likeness (QED) is 0.819. The van der Waals surface area contributed by atoms with Crippen LogP contribution in [0.5, 0.6) is 0 Å². The number of carbonyl (C=O) groups excluding carboxylic acids is 1. The van der Waals surface area contributed by atoms with E-state index in [1.54, 1.807) is 7.11 Å². The molecule has 1 saturated heterocycles. The van der Waals surface area contributed by atoms with E-state index in [9.17, 15) is 4.79 Å². The van der Waals surface area contributed by atoms with E-state index in [0.29, 0.717) is 12.1 Å². The fraction of sp³-hybridized carbons (Fsp3) is 0.458. The van der Waals surface area contributed by atoms with Crippen LogP contribution in [0.15, 0.2) is 48.2 Å². The normalized spacial score (nSPS) is 18.1. The molecule has 154 valence electrons. The van der Waals surface area contributed by atoms with Crippen LogP contribution in [0.4, 0.5) is 0 Å². The van der Waals surface area contributed by atoms with Gasteiger partial charge in [0.2, 0.25) is 0 Å². The van der Waals surface area contributed by atoms with E-state index >= 15 is 0 Å². The Hall–Kier alpha value is -2.53. The van der Waals surface area contributed by atoms with Gasteiger partial charge in [0.25, 0.3) is 5.91 Å². The van der Waals surface area contributed by atoms with Gasteiger partial charge in [-0.15, -0.1) is 0 Å². The molecule has 0 atom stereocenters. The third-order valence-corrected chi connectivity index (χ3v) is 5.92. The molecule has 0 unspecified atom stereocenters. The first-order valence-electron chi connectivity index (χ1n) is 10.7. The number of fused-ring (bicyclic) bond motifs is 1. The Balaban J connectivity index is 1.63. The van der Waals surface area contributed by atoms with E-state index in [4.69, 9.17) is 4.74 Å². The summed E-state index contributed by atoms with van der Waals surface area (Å²) in [6.45, 7) is 5.96. The lowest BCUT2D eigenvalue weighted by Gasteiger charge is -2.33. The number of amides is 1. The summed E-state index contributed by atoms with van der Waals surface area (Å²) in [6, 6.07) is 11.3. The predicted molar refractivity (Wildman–Crippen MR) is 118 cm³/mol. The van der Waals surface area contributed by atoms with E-state index in [1.807, 2.05) is 29.2 Å². The number of hydrogen-bond acceptors (Lipinski definition) is 3. The number of allylic oxidation sites excluding steroid dienone is 4. The van der Waals surface area contributed by atoms with E-state index in [-0.39, 0.29) is 5.91 Å². The zero-order valence-electron chi connectivity index (χ0n) is 17.6. The molecular weight excluding hydrogens is 362 g/mol. The van der Waals surface area contributed by atoms with Crippen LogP contribution in [0.3, 0.4) is 0 Å². The number of benzene rings is 1. The van der Waals surface area contributed by atoms with Crippen LogP contribution in [-0.2, 0) is 4.74 Å². The molecule has 5 nitrogen and oxygen atoms in total. The molecular formula is C24H31N3O2. The fourth-order valence-electron chi connectivity index (χ4n) is 4.47. The number of piperidine rings is 1. The molecule has 1 aliphatic carbocycles. The molecule has 5 heteroatoms. The van der Waals surface area contributed by atoms with Crippen LogP contribution >= 0.6 is 0 Å². The Morgan fingerprint density at radius 2 is 1.90 bits per heavy atom. The third-order valence-electron chi connectivity index (χ3n) is 5.92. The largest absolute Gasteiger partial charge is 0.501 e. The molecule has 1 aromatic heterocycles. The maximum atomic E-state index is 13.5. The van der Waals surface area contributed by atoms with Gasteiger partial charge in [0.1, 0.15) is 5.69 Å². The molecule has 0 radical (unpaired) electrons. The standard InChI is InChI=1S/C24H31N3O2/c1-17(2)25-19-12-14-26(15-13-19)24(28)23-16-18-6-4-5-7-22(18)27(23)20-8-10-21(29-3)11-9-20/h4-8,10,16-17,19,25H,9,11-15H2,1-3H3. The van der Waals surface area contributed by atoms with Gasteiger partial charge in [-0.3, -0.25) is 4.79 Å². The predicted octanol–water partition coefficient (Wildman–Crippen LogP) is 4.41. The molecule has 0 saturated carbocycles. The summed E-state index contributed by atoms with van der Waals surface area (Å²) in [5.41, 5.74) is 3.00. The fourth-order valence-corrected chi connectivity index (χ4v) is 4.47. The van der Waals surface area contributed by atoms with Crippen molar-refractivity contribution in [3.8, 4) is 0 Å². The lowest BCUT2D eigenvalue weighted by molar-refractivity contribution is 0.0695. The van der Waals surface area contributed by atoms with E-state index in [1.165, 1.54) is 0 Å². The van der Waals surface area contributed by atoms with Crippen molar-refractivity contribution in [3.63, 3.8) is 0 Å². The Bertz CT molecular complexity index is 946. The minimum atomic E-state index is 0.131. The Labute approximate surface area is 173 Å². The number of para-hydroxylation sites is 1. The topological polar surface area (TPSA) is 46.5 Å². The first-order valence-corrected chi connectivity index (χ1v) is 10.7. The van der Waals surface area contributed by atoms with Gasteiger partial charge in [-0.25, -0.2) is 0 Å². The summed E-state index contributed by atoms with van der Waals surface area (Å²) in [4.78, 5) is 15.5. The van der Waals surface area contributed by atoms with Crippen molar-refractivity contribution in [1.82, 2.24) is 14.8 Å². The lowest BCUT2D eigenvalue weighted by atomic mass is 10.0. The molecule has 1 N–H and O–H groups in total. The summed E-state index contributed by atoms with van der Waals surface area (Å²) in [5.74, 6) is 1.12. The zero-order chi connectivity index (χ0) is 20.4. The molecule has 4 rings (SSSR count). The maximum absolute atomic E-state index is 13.5. The summed E-state index contributed by atoms with van der Waals surface area (Å²) in [6.07, 6.45) is 7.84. The van der Waals surface area contributed by atoms with Gasteiger partial charge < -0.3 is 19.5 Å². The number of nitrogens with zero attached hydrogens (tertiary/aromatic N) is 2. The van der Waals surface area contributed by atoms with Crippen molar-refractivity contribution in [3.05, 3.63) is 53.9 Å². The summed E-state index contributed by atoms with van der Waals surface area (Å²) >= 11 is 0. The first-order chi connectivity index (χ1) is 14.1. The first kappa shape index (κ1) is 19.8. The molecule has 2 heterocycles. The molecule has 1 aromatic carbocycles. The minimum Gasteiger partial charge on any atom is -0.501 e. The van der Waals surface area contributed by atoms with Crippen LogP contribution < -0.4 is 5.32 Å². The second-order valence-electron chi connectivity index (χ2n) is 8.31. The molecule has 1 aliphatic heterocycles. The minimum absolute atomic E-state index is 0.131. The Kier molecular flexibility index (Phi) is 5.76. The average molecular weight is 394 g/mol. The number of nitrogens with one attached hydrogen (secondary N) is 1. The van der Waals surface area contributed by atoms with Gasteiger partial charge in [0, 0.05) is 42.7 Å². The van der Waals surface area contributed by atoms with Gasteiger partial charge in [-0.05, 0) is 43.5 Å². The molecule has 2 aliphatic rings. The zero-order valence-corrected chi connectivity index (χ0v) is 17.6. The number of methoxy groups -OCH3 is 1. The SMILES string of the molecule is COC1=CC=C(n2c(C(=O)N3CCC(NC(C)C)CC3)cc3ccccc32)CC1. The molecule has 0 bridgehead atoms. The number of likely N-dealkylation sites (tertiary alicyclic amines) is 1. The van der Waals surface area contributed by atoms with Gasteiger partial charge in [-0.2, -0.15) is 0 Å². The van der Waals surface area contributed by atoms with E-state index in [0.717, 1.165) is 66.8 Å². The van der Waals surface area contributed by atoms with Crippen LogP contribution in [0, 0.1) is 0 Å². The number of aromatic nitrogens is 1. The van der Waals surface area contributed by atoms with Crippen molar-refractivity contribution in [2.45, 2.75) is 51.6 Å². The Morgan fingerprint density at radius 1 is 1.14 bits per heavy atom. The van der Waals surface area contributed by atoms with Crippen molar-refractivity contribution in [1.29, 1.82) is 0 Å². The highest BCUT2D eigenvalue weighted by atomic mass is 16.5. The Morgan fingerprint density at radius 3 is 2.55 bits per heavy atom. The molecule has 0 spiro atoms. The van der Waals surface area contributed by atoms with E-state index < -0.39 is 0 Å². The molecule has 29 heavy (non-hydrogen) atoms. The summed E-state index contributed by atoms with van der Waals surface area (Å²) in [5, 5.41) is 4.71.